The van der Waals surface area contributed by atoms with Gasteiger partial charge in [-0.25, -0.2) is 4.79 Å². The zero-order valence-electron chi connectivity index (χ0n) is 11.6. The van der Waals surface area contributed by atoms with Gasteiger partial charge >= 0.3 is 5.69 Å². The second-order valence-electron chi connectivity index (χ2n) is 4.55. The number of amides is 1. The molecule has 0 spiro atoms. The molecule has 110 valence electrons. The molecular formula is C14H15N3O4. The van der Waals surface area contributed by atoms with Crippen molar-refractivity contribution < 1.29 is 9.53 Å². The van der Waals surface area contributed by atoms with Crippen LogP contribution in [0.2, 0.25) is 0 Å². The van der Waals surface area contributed by atoms with E-state index in [1.165, 1.54) is 0 Å². The van der Waals surface area contributed by atoms with Crippen molar-refractivity contribution in [2.24, 2.45) is 0 Å². The fourth-order valence-corrected chi connectivity index (χ4v) is 1.61. The van der Waals surface area contributed by atoms with Gasteiger partial charge in [0.15, 0.2) is 6.10 Å². The third-order valence-electron chi connectivity index (χ3n) is 2.78. The number of hydrogen-bond donors (Lipinski definition) is 3. The van der Waals surface area contributed by atoms with Crippen LogP contribution in [0.1, 0.15) is 12.5 Å². The molecule has 0 aliphatic rings. The molecule has 21 heavy (non-hydrogen) atoms. The van der Waals surface area contributed by atoms with Gasteiger partial charge in [0.25, 0.3) is 11.5 Å². The Bertz CT molecular complexity index is 746. The van der Waals surface area contributed by atoms with Crippen LogP contribution >= 0.6 is 0 Å². The Morgan fingerprint density at radius 2 is 1.90 bits per heavy atom. The highest BCUT2D eigenvalue weighted by Gasteiger charge is 2.16. The van der Waals surface area contributed by atoms with Gasteiger partial charge in [-0.1, -0.05) is 17.7 Å². The maximum Gasteiger partial charge on any atom is 0.325 e. The number of H-pyrrole nitrogens is 2. The minimum Gasteiger partial charge on any atom is -0.481 e. The molecule has 2 aromatic rings. The Labute approximate surface area is 120 Å². The smallest absolute Gasteiger partial charge is 0.325 e. The molecule has 1 aromatic carbocycles. The predicted molar refractivity (Wildman–Crippen MR) is 77.6 cm³/mol. The first-order valence-corrected chi connectivity index (χ1v) is 6.32. The Morgan fingerprint density at radius 1 is 1.24 bits per heavy atom. The highest BCUT2D eigenvalue weighted by Crippen LogP contribution is 2.13. The Morgan fingerprint density at radius 3 is 2.52 bits per heavy atom. The minimum absolute atomic E-state index is 0.0426. The lowest BCUT2D eigenvalue weighted by atomic mass is 10.2. The fourth-order valence-electron chi connectivity index (χ4n) is 1.61. The minimum atomic E-state index is -0.793. The molecule has 1 heterocycles. The van der Waals surface area contributed by atoms with Crippen LogP contribution < -0.4 is 21.3 Å². The summed E-state index contributed by atoms with van der Waals surface area (Å²) in [4.78, 5) is 38.6. The monoisotopic (exact) mass is 289 g/mol. The molecule has 0 saturated carbocycles. The summed E-state index contributed by atoms with van der Waals surface area (Å²) in [6, 6.07) is 7.25. The van der Waals surface area contributed by atoms with Crippen LogP contribution in [0.15, 0.2) is 40.1 Å². The van der Waals surface area contributed by atoms with Gasteiger partial charge in [-0.15, -0.1) is 0 Å². The predicted octanol–water partition coefficient (Wildman–Crippen LogP) is 0.778. The maximum absolute atomic E-state index is 11.9. The summed E-state index contributed by atoms with van der Waals surface area (Å²) in [7, 11) is 0. The quantitative estimate of drug-likeness (QED) is 0.773. The first-order valence-electron chi connectivity index (χ1n) is 6.32. The van der Waals surface area contributed by atoms with Gasteiger partial charge in [-0.05, 0) is 26.0 Å². The van der Waals surface area contributed by atoms with Crippen LogP contribution in [-0.4, -0.2) is 22.0 Å². The second-order valence-corrected chi connectivity index (χ2v) is 4.55. The second kappa shape index (κ2) is 6.08. The zero-order valence-corrected chi connectivity index (χ0v) is 11.6. The molecule has 1 atom stereocenters. The van der Waals surface area contributed by atoms with Crippen molar-refractivity contribution in [2.45, 2.75) is 20.0 Å². The van der Waals surface area contributed by atoms with E-state index >= 15 is 0 Å². The number of hydrogen-bond acceptors (Lipinski definition) is 4. The van der Waals surface area contributed by atoms with Crippen molar-refractivity contribution in [1.82, 2.24) is 9.97 Å². The average Bonchev–Trinajstić information content (AvgIpc) is 2.44. The molecule has 1 aromatic heterocycles. The van der Waals surface area contributed by atoms with Gasteiger partial charge in [0.1, 0.15) is 11.4 Å². The van der Waals surface area contributed by atoms with Gasteiger partial charge in [-0.2, -0.15) is 0 Å². The fraction of sp³-hybridized carbons (Fsp3) is 0.214. The molecule has 0 aliphatic heterocycles. The number of benzene rings is 1. The van der Waals surface area contributed by atoms with E-state index < -0.39 is 23.3 Å². The van der Waals surface area contributed by atoms with E-state index in [1.807, 2.05) is 24.0 Å². The van der Waals surface area contributed by atoms with Crippen LogP contribution in [0, 0.1) is 6.92 Å². The molecule has 0 radical (unpaired) electrons. The van der Waals surface area contributed by atoms with Crippen molar-refractivity contribution in [1.29, 1.82) is 0 Å². The molecule has 2 rings (SSSR count). The topological polar surface area (TPSA) is 104 Å². The summed E-state index contributed by atoms with van der Waals surface area (Å²) < 4.78 is 5.47. The number of aromatic nitrogens is 2. The standard InChI is InChI=1S/C14H15N3O4/c1-8-3-5-10(6-4-8)21-9(2)12(18)16-11-7-15-14(20)17-13(11)19/h3-7,9H,1-2H3,(H,16,18)(H2,15,17,19,20). The number of ether oxygens (including phenoxy) is 1. The average molecular weight is 289 g/mol. The van der Waals surface area contributed by atoms with Gasteiger partial charge < -0.3 is 15.0 Å². The number of nitrogens with one attached hydrogen (secondary N) is 3. The van der Waals surface area contributed by atoms with Crippen LogP contribution in [0.25, 0.3) is 0 Å². The van der Waals surface area contributed by atoms with Gasteiger partial charge in [0.05, 0.1) is 0 Å². The van der Waals surface area contributed by atoms with E-state index in [1.54, 1.807) is 19.1 Å². The SMILES string of the molecule is Cc1ccc(OC(C)C(=O)Nc2c[nH]c(=O)[nH]c2=O)cc1. The number of aromatic amines is 2. The van der Waals surface area contributed by atoms with Gasteiger partial charge in [-0.3, -0.25) is 14.6 Å². The van der Waals surface area contributed by atoms with E-state index in [0.717, 1.165) is 11.8 Å². The number of aryl methyl sites for hydroxylation is 1. The van der Waals surface area contributed by atoms with E-state index in [4.69, 9.17) is 4.74 Å². The number of carbonyl (C=O) groups excluding carboxylic acids is 1. The maximum atomic E-state index is 11.9. The Hall–Kier alpha value is -2.83. The summed E-state index contributed by atoms with van der Waals surface area (Å²) >= 11 is 0. The largest absolute Gasteiger partial charge is 0.481 e. The first-order chi connectivity index (χ1) is 9.95. The third-order valence-corrected chi connectivity index (χ3v) is 2.78. The van der Waals surface area contributed by atoms with Crippen molar-refractivity contribution in [3.05, 3.63) is 56.9 Å². The Balaban J connectivity index is 2.04. The first kappa shape index (κ1) is 14.6. The molecule has 0 saturated heterocycles. The summed E-state index contributed by atoms with van der Waals surface area (Å²) in [5, 5.41) is 2.39. The van der Waals surface area contributed by atoms with E-state index in [9.17, 15) is 14.4 Å². The van der Waals surface area contributed by atoms with Gasteiger partial charge in [0.2, 0.25) is 0 Å². The lowest BCUT2D eigenvalue weighted by molar-refractivity contribution is -0.122. The zero-order chi connectivity index (χ0) is 15.4. The van der Waals surface area contributed by atoms with Crippen molar-refractivity contribution in [2.75, 3.05) is 5.32 Å². The summed E-state index contributed by atoms with van der Waals surface area (Å²) in [5.74, 6) is 0.0618. The summed E-state index contributed by atoms with van der Waals surface area (Å²) in [6.45, 7) is 3.51. The normalized spacial score (nSPS) is 11.7. The Kier molecular flexibility index (Phi) is 4.22. The lowest BCUT2D eigenvalue weighted by Gasteiger charge is -2.14. The molecule has 7 nitrogen and oxygen atoms in total. The van der Waals surface area contributed by atoms with Crippen LogP contribution in [-0.2, 0) is 4.79 Å². The summed E-state index contributed by atoms with van der Waals surface area (Å²) in [6.07, 6.45) is 0.344. The number of rotatable bonds is 4. The lowest BCUT2D eigenvalue weighted by Crippen LogP contribution is -2.33. The van der Waals surface area contributed by atoms with E-state index in [-0.39, 0.29) is 5.69 Å². The van der Waals surface area contributed by atoms with Crippen molar-refractivity contribution in [3.8, 4) is 5.75 Å². The molecule has 1 unspecified atom stereocenters. The van der Waals surface area contributed by atoms with Crippen LogP contribution in [0.5, 0.6) is 5.75 Å². The summed E-state index contributed by atoms with van der Waals surface area (Å²) in [5.41, 5.74) is -0.269. The molecule has 1 amide bonds. The van der Waals surface area contributed by atoms with Crippen LogP contribution in [0.3, 0.4) is 0 Å². The van der Waals surface area contributed by atoms with Crippen LogP contribution in [0.4, 0.5) is 5.69 Å². The molecule has 0 bridgehead atoms. The number of carbonyl (C=O) groups is 1. The number of anilines is 1. The van der Waals surface area contributed by atoms with E-state index in [0.29, 0.717) is 5.75 Å². The molecule has 3 N–H and O–H groups in total. The third kappa shape index (κ3) is 3.82. The van der Waals surface area contributed by atoms with E-state index in [2.05, 4.69) is 10.3 Å². The highest BCUT2D eigenvalue weighted by atomic mass is 16.5. The van der Waals surface area contributed by atoms with Gasteiger partial charge in [0, 0.05) is 6.20 Å². The van der Waals surface area contributed by atoms with Crippen molar-refractivity contribution >= 4 is 11.6 Å². The molecule has 0 fully saturated rings. The highest BCUT2D eigenvalue weighted by molar-refractivity contribution is 5.93. The molecule has 7 heteroatoms. The molecule has 0 aliphatic carbocycles. The van der Waals surface area contributed by atoms with Crippen molar-refractivity contribution in [3.63, 3.8) is 0 Å². The molecular weight excluding hydrogens is 274 g/mol.